The van der Waals surface area contributed by atoms with Crippen molar-refractivity contribution in [3.8, 4) is 0 Å². The van der Waals surface area contributed by atoms with Gasteiger partial charge < -0.3 is 14.5 Å². The molecular weight excluding hydrogens is 350 g/mol. The molecule has 2 amide bonds. The van der Waals surface area contributed by atoms with E-state index in [1.165, 1.54) is 12.1 Å². The van der Waals surface area contributed by atoms with Gasteiger partial charge in [-0.3, -0.25) is 9.59 Å². The van der Waals surface area contributed by atoms with Gasteiger partial charge in [-0.15, -0.1) is 0 Å². The van der Waals surface area contributed by atoms with Crippen LogP contribution in [0, 0.1) is 0 Å². The molecule has 0 saturated carbocycles. The number of thioether (sulfide) groups is 1. The molecule has 1 aromatic carbocycles. The minimum absolute atomic E-state index is 0.0120. The van der Waals surface area contributed by atoms with E-state index in [1.807, 2.05) is 0 Å². The fourth-order valence-electron chi connectivity index (χ4n) is 3.07. The summed E-state index contributed by atoms with van der Waals surface area (Å²) in [6, 6.07) is 6.19. The Bertz CT molecular complexity index is 613. The van der Waals surface area contributed by atoms with Crippen molar-refractivity contribution in [2.24, 2.45) is 0 Å². The zero-order valence-corrected chi connectivity index (χ0v) is 14.5. The summed E-state index contributed by atoms with van der Waals surface area (Å²) in [5.74, 6) is -2.60. The third-order valence-corrected chi connectivity index (χ3v) is 5.13. The average Bonchev–Trinajstić information content (AvgIpc) is 3.15. The van der Waals surface area contributed by atoms with Gasteiger partial charge >= 0.3 is 0 Å². The molecule has 0 aromatic heterocycles. The van der Waals surface area contributed by atoms with E-state index >= 15 is 0 Å². The number of ether oxygens (including phenoxy) is 1. The van der Waals surface area contributed by atoms with Crippen LogP contribution in [0.3, 0.4) is 0 Å². The fourth-order valence-corrected chi connectivity index (χ4v) is 3.57. The van der Waals surface area contributed by atoms with Gasteiger partial charge in [0.05, 0.1) is 0 Å². The van der Waals surface area contributed by atoms with Crippen molar-refractivity contribution in [2.45, 2.75) is 29.6 Å². The van der Waals surface area contributed by atoms with E-state index in [0.29, 0.717) is 55.0 Å². The van der Waals surface area contributed by atoms with Gasteiger partial charge in [-0.05, 0) is 37.1 Å². The lowest BCUT2D eigenvalue weighted by atomic mass is 10.1. The highest BCUT2D eigenvalue weighted by atomic mass is 32.2. The Morgan fingerprint density at radius 3 is 2.28 bits per heavy atom. The van der Waals surface area contributed by atoms with Crippen LogP contribution in [0.25, 0.3) is 0 Å². The molecule has 1 atom stereocenters. The summed E-state index contributed by atoms with van der Waals surface area (Å²) in [7, 11) is 0. The Morgan fingerprint density at radius 2 is 1.72 bits per heavy atom. The average molecular weight is 370 g/mol. The maximum absolute atomic E-state index is 12.5. The van der Waals surface area contributed by atoms with Gasteiger partial charge in [-0.2, -0.15) is 8.78 Å². The van der Waals surface area contributed by atoms with Crippen molar-refractivity contribution in [2.75, 3.05) is 32.8 Å². The smallest absolute Gasteiger partial charge is 0.288 e. The van der Waals surface area contributed by atoms with E-state index in [0.717, 1.165) is 12.8 Å². The van der Waals surface area contributed by atoms with Crippen molar-refractivity contribution >= 4 is 23.6 Å². The topological polar surface area (TPSA) is 49.9 Å². The molecule has 2 aliphatic rings. The Morgan fingerprint density at radius 1 is 1.08 bits per heavy atom. The third kappa shape index (κ3) is 4.49. The molecule has 0 spiro atoms. The molecule has 2 aliphatic heterocycles. The van der Waals surface area contributed by atoms with Gasteiger partial charge in [-0.25, -0.2) is 0 Å². The highest BCUT2D eigenvalue weighted by Gasteiger charge is 2.31. The summed E-state index contributed by atoms with van der Waals surface area (Å²) in [5, 5.41) is 0. The van der Waals surface area contributed by atoms with Crippen LogP contribution in [0.2, 0.25) is 0 Å². The number of benzene rings is 1. The highest BCUT2D eigenvalue weighted by molar-refractivity contribution is 7.99. The highest BCUT2D eigenvalue weighted by Crippen LogP contribution is 2.25. The number of carbonyl (C=O) groups excluding carboxylic acids is 2. The summed E-state index contributed by atoms with van der Waals surface area (Å²) in [6.07, 6.45) is 1.34. The molecule has 2 heterocycles. The molecule has 25 heavy (non-hydrogen) atoms. The van der Waals surface area contributed by atoms with Gasteiger partial charge in [0, 0.05) is 43.2 Å². The zero-order chi connectivity index (χ0) is 17.8. The number of hydrogen-bond acceptors (Lipinski definition) is 4. The van der Waals surface area contributed by atoms with Crippen LogP contribution < -0.4 is 0 Å². The van der Waals surface area contributed by atoms with Gasteiger partial charge in [0.1, 0.15) is 6.10 Å². The lowest BCUT2D eigenvalue weighted by Gasteiger charge is -2.35. The second kappa shape index (κ2) is 8.14. The Kier molecular flexibility index (Phi) is 5.90. The van der Waals surface area contributed by atoms with Crippen LogP contribution in [0.5, 0.6) is 0 Å². The molecule has 0 radical (unpaired) electrons. The zero-order valence-electron chi connectivity index (χ0n) is 13.7. The molecule has 0 unspecified atom stereocenters. The summed E-state index contributed by atoms with van der Waals surface area (Å²) >= 11 is 0.456. The van der Waals surface area contributed by atoms with Crippen LogP contribution in [-0.4, -0.2) is 66.3 Å². The number of nitrogens with zero attached hydrogens (tertiary/aromatic N) is 2. The second-order valence-corrected chi connectivity index (χ2v) is 7.09. The maximum Gasteiger partial charge on any atom is 0.288 e. The largest absolute Gasteiger partial charge is 0.368 e. The molecule has 0 bridgehead atoms. The number of carbonyl (C=O) groups is 2. The quantitative estimate of drug-likeness (QED) is 0.764. The van der Waals surface area contributed by atoms with Gasteiger partial charge in [0.15, 0.2) is 0 Å². The van der Waals surface area contributed by atoms with Crippen LogP contribution in [0.4, 0.5) is 8.78 Å². The molecule has 0 aliphatic carbocycles. The van der Waals surface area contributed by atoms with E-state index in [1.54, 1.807) is 21.9 Å². The Labute approximate surface area is 149 Å². The van der Waals surface area contributed by atoms with E-state index in [-0.39, 0.29) is 17.9 Å². The monoisotopic (exact) mass is 370 g/mol. The van der Waals surface area contributed by atoms with E-state index in [2.05, 4.69) is 0 Å². The third-order valence-electron chi connectivity index (χ3n) is 4.41. The first kappa shape index (κ1) is 18.1. The summed E-state index contributed by atoms with van der Waals surface area (Å²) < 4.78 is 30.1. The van der Waals surface area contributed by atoms with Crippen LogP contribution in [-0.2, 0) is 9.53 Å². The summed E-state index contributed by atoms with van der Waals surface area (Å²) in [4.78, 5) is 28.7. The molecule has 0 N–H and O–H groups in total. The van der Waals surface area contributed by atoms with E-state index in [9.17, 15) is 18.4 Å². The number of hydrogen-bond donors (Lipinski definition) is 0. The number of halogens is 2. The SMILES string of the molecule is O=C(c1ccc(SC(F)F)cc1)N1CCN(C(=O)[C@H]2CCCO2)CC1. The van der Waals surface area contributed by atoms with E-state index in [4.69, 9.17) is 4.74 Å². The van der Waals surface area contributed by atoms with Crippen LogP contribution >= 0.6 is 11.8 Å². The predicted octanol–water partition coefficient (Wildman–Crippen LogP) is 2.46. The second-order valence-electron chi connectivity index (χ2n) is 6.02. The van der Waals surface area contributed by atoms with E-state index < -0.39 is 5.76 Å². The molecule has 1 aromatic rings. The first-order chi connectivity index (χ1) is 12.0. The standard InChI is InChI=1S/C17H20F2N2O3S/c18-17(19)25-13-5-3-12(4-6-13)15(22)20-7-9-21(10-8-20)16(23)14-2-1-11-24-14/h3-6,14,17H,1-2,7-11H2/t14-/m1/s1. The Balaban J connectivity index is 1.53. The van der Waals surface area contributed by atoms with Crippen LogP contribution in [0.1, 0.15) is 23.2 Å². The van der Waals surface area contributed by atoms with Crippen molar-refractivity contribution < 1.29 is 23.1 Å². The molecule has 136 valence electrons. The number of amides is 2. The normalized spacial score (nSPS) is 21.0. The lowest BCUT2D eigenvalue weighted by Crippen LogP contribution is -2.52. The summed E-state index contributed by atoms with van der Waals surface area (Å²) in [5.41, 5.74) is 0.470. The predicted molar refractivity (Wildman–Crippen MR) is 89.8 cm³/mol. The molecule has 2 fully saturated rings. The first-order valence-electron chi connectivity index (χ1n) is 8.29. The molecular formula is C17H20F2N2O3S. The molecule has 8 heteroatoms. The maximum atomic E-state index is 12.5. The van der Waals surface area contributed by atoms with Gasteiger partial charge in [-0.1, -0.05) is 11.8 Å². The molecule has 3 rings (SSSR count). The minimum Gasteiger partial charge on any atom is -0.368 e. The Hall–Kier alpha value is -1.67. The van der Waals surface area contributed by atoms with Gasteiger partial charge in [0.25, 0.3) is 17.6 Å². The summed E-state index contributed by atoms with van der Waals surface area (Å²) in [6.45, 7) is 2.54. The molecule has 2 saturated heterocycles. The van der Waals surface area contributed by atoms with Crippen molar-refractivity contribution in [3.63, 3.8) is 0 Å². The molecule has 5 nitrogen and oxygen atoms in total. The van der Waals surface area contributed by atoms with Crippen molar-refractivity contribution in [3.05, 3.63) is 29.8 Å². The lowest BCUT2D eigenvalue weighted by molar-refractivity contribution is -0.142. The first-order valence-corrected chi connectivity index (χ1v) is 9.17. The van der Waals surface area contributed by atoms with Gasteiger partial charge in [0.2, 0.25) is 0 Å². The number of rotatable bonds is 4. The minimum atomic E-state index is -2.48. The van der Waals surface area contributed by atoms with Crippen molar-refractivity contribution in [1.82, 2.24) is 9.80 Å². The fraction of sp³-hybridized carbons (Fsp3) is 0.529. The van der Waals surface area contributed by atoms with Crippen molar-refractivity contribution in [1.29, 1.82) is 0 Å². The van der Waals surface area contributed by atoms with Crippen LogP contribution in [0.15, 0.2) is 29.2 Å². The number of piperazine rings is 1. The number of alkyl halides is 2.